The number of unbranched alkanes of at least 4 members (excludes halogenated alkanes) is 1. The normalized spacial score (nSPS) is 12.5. The molecule has 0 spiro atoms. The fourth-order valence-electron chi connectivity index (χ4n) is 1.69. The third-order valence-electron chi connectivity index (χ3n) is 2.71. The van der Waals surface area contributed by atoms with Gasteiger partial charge < -0.3 is 5.32 Å². The molecule has 1 rings (SSSR count). The number of carbonyl (C=O) groups excluding carboxylic acids is 1. The molecule has 0 saturated carbocycles. The lowest BCUT2D eigenvalue weighted by molar-refractivity contribution is -0.135. The van der Waals surface area contributed by atoms with Gasteiger partial charge in [0.1, 0.15) is 5.92 Å². The van der Waals surface area contributed by atoms with Crippen LogP contribution in [0.5, 0.6) is 0 Å². The second-order valence-electron chi connectivity index (χ2n) is 4.34. The first-order valence-corrected chi connectivity index (χ1v) is 6.23. The third kappa shape index (κ3) is 5.74. The van der Waals surface area contributed by atoms with Crippen molar-refractivity contribution in [3.63, 3.8) is 0 Å². The van der Waals surface area contributed by atoms with E-state index >= 15 is 0 Å². The van der Waals surface area contributed by atoms with Crippen LogP contribution in [-0.4, -0.2) is 18.6 Å². The van der Waals surface area contributed by atoms with Crippen LogP contribution in [0.4, 0.5) is 13.2 Å². The molecule has 108 valence electrons. The summed E-state index contributed by atoms with van der Waals surface area (Å²) >= 11 is 0. The van der Waals surface area contributed by atoms with Crippen molar-refractivity contribution in [3.05, 3.63) is 35.9 Å². The summed E-state index contributed by atoms with van der Waals surface area (Å²) in [6, 6.07) is 10.4. The monoisotopic (exact) mass is 284 g/mol. The minimum absolute atomic E-state index is 0.0354. The number of alkyl halides is 3. The number of carbonyl (C=O) groups is 1. The summed E-state index contributed by atoms with van der Waals surface area (Å²) in [5.74, 6) is -1.41. The van der Waals surface area contributed by atoms with E-state index in [4.69, 9.17) is 5.26 Å². The number of hydrogen-bond donors (Lipinski definition) is 1. The van der Waals surface area contributed by atoms with E-state index in [1.54, 1.807) is 30.3 Å². The van der Waals surface area contributed by atoms with Gasteiger partial charge in [0.15, 0.2) is 0 Å². The lowest BCUT2D eigenvalue weighted by Crippen LogP contribution is -2.29. The van der Waals surface area contributed by atoms with Gasteiger partial charge in [-0.25, -0.2) is 0 Å². The van der Waals surface area contributed by atoms with E-state index in [0.717, 1.165) is 0 Å². The molecule has 0 aliphatic carbocycles. The van der Waals surface area contributed by atoms with Crippen LogP contribution in [0.2, 0.25) is 0 Å². The molecule has 1 N–H and O–H groups in total. The van der Waals surface area contributed by atoms with E-state index in [1.165, 1.54) is 0 Å². The van der Waals surface area contributed by atoms with Gasteiger partial charge in [-0.2, -0.15) is 18.4 Å². The van der Waals surface area contributed by atoms with E-state index in [2.05, 4.69) is 5.32 Å². The first kappa shape index (κ1) is 16.0. The van der Waals surface area contributed by atoms with Crippen molar-refractivity contribution in [1.82, 2.24) is 5.32 Å². The molecule has 1 amide bonds. The minimum atomic E-state index is -4.16. The van der Waals surface area contributed by atoms with Crippen LogP contribution in [0.1, 0.15) is 30.7 Å². The molecule has 0 bridgehead atoms. The Morgan fingerprint density at radius 2 is 1.90 bits per heavy atom. The summed E-state index contributed by atoms with van der Waals surface area (Å²) in [6.45, 7) is 0.139. The van der Waals surface area contributed by atoms with E-state index < -0.39 is 24.4 Å². The number of nitriles is 1. The number of benzene rings is 1. The van der Waals surface area contributed by atoms with Gasteiger partial charge in [0.25, 0.3) is 0 Å². The molecule has 1 aromatic carbocycles. The van der Waals surface area contributed by atoms with Crippen molar-refractivity contribution in [2.75, 3.05) is 6.54 Å². The maximum atomic E-state index is 11.9. The highest BCUT2D eigenvalue weighted by molar-refractivity contribution is 5.86. The topological polar surface area (TPSA) is 52.9 Å². The summed E-state index contributed by atoms with van der Waals surface area (Å²) in [5.41, 5.74) is 0.572. The van der Waals surface area contributed by atoms with E-state index in [0.29, 0.717) is 5.56 Å². The third-order valence-corrected chi connectivity index (χ3v) is 2.71. The fourth-order valence-corrected chi connectivity index (χ4v) is 1.69. The largest absolute Gasteiger partial charge is 0.389 e. The number of amides is 1. The van der Waals surface area contributed by atoms with Crippen molar-refractivity contribution >= 4 is 5.91 Å². The lowest BCUT2D eigenvalue weighted by Gasteiger charge is -2.11. The van der Waals surface area contributed by atoms with Gasteiger partial charge in [-0.15, -0.1) is 0 Å². The molecule has 1 aromatic rings. The molecule has 1 unspecified atom stereocenters. The van der Waals surface area contributed by atoms with Crippen molar-refractivity contribution < 1.29 is 18.0 Å². The Morgan fingerprint density at radius 3 is 2.45 bits per heavy atom. The zero-order valence-electron chi connectivity index (χ0n) is 10.8. The van der Waals surface area contributed by atoms with Gasteiger partial charge >= 0.3 is 6.18 Å². The molecule has 0 fully saturated rings. The van der Waals surface area contributed by atoms with Gasteiger partial charge in [-0.1, -0.05) is 30.3 Å². The van der Waals surface area contributed by atoms with Crippen LogP contribution < -0.4 is 5.32 Å². The summed E-state index contributed by atoms with van der Waals surface area (Å²) in [5, 5.41) is 11.5. The summed E-state index contributed by atoms with van der Waals surface area (Å²) in [4.78, 5) is 11.8. The molecular formula is C14H15F3N2O. The van der Waals surface area contributed by atoms with Crippen molar-refractivity contribution in [1.29, 1.82) is 5.26 Å². The molecule has 0 aliphatic rings. The van der Waals surface area contributed by atoms with Crippen LogP contribution in [0.3, 0.4) is 0 Å². The molecule has 3 nitrogen and oxygen atoms in total. The highest BCUT2D eigenvalue weighted by Crippen LogP contribution is 2.22. The fraction of sp³-hybridized carbons (Fsp3) is 0.429. The number of hydrogen-bond acceptors (Lipinski definition) is 2. The zero-order valence-corrected chi connectivity index (χ0v) is 10.8. The predicted molar refractivity (Wildman–Crippen MR) is 67.7 cm³/mol. The van der Waals surface area contributed by atoms with Gasteiger partial charge in [-0.3, -0.25) is 4.79 Å². The zero-order chi connectivity index (χ0) is 15.0. The maximum Gasteiger partial charge on any atom is 0.389 e. The quantitative estimate of drug-likeness (QED) is 0.816. The maximum absolute atomic E-state index is 11.9. The highest BCUT2D eigenvalue weighted by Gasteiger charge is 2.26. The lowest BCUT2D eigenvalue weighted by atomic mass is 10.00. The van der Waals surface area contributed by atoms with Crippen LogP contribution >= 0.6 is 0 Å². The molecule has 0 aliphatic heterocycles. The second-order valence-corrected chi connectivity index (χ2v) is 4.34. The van der Waals surface area contributed by atoms with Crippen LogP contribution in [0, 0.1) is 11.3 Å². The Hall–Kier alpha value is -2.03. The van der Waals surface area contributed by atoms with Gasteiger partial charge in [-0.05, 0) is 18.4 Å². The Balaban J connectivity index is 2.37. The molecular weight excluding hydrogens is 269 g/mol. The minimum Gasteiger partial charge on any atom is -0.355 e. The Morgan fingerprint density at radius 1 is 1.25 bits per heavy atom. The van der Waals surface area contributed by atoms with E-state index in [9.17, 15) is 18.0 Å². The second kappa shape index (κ2) is 7.53. The molecule has 0 heterocycles. The van der Waals surface area contributed by atoms with Gasteiger partial charge in [0.2, 0.25) is 5.91 Å². The smallest absolute Gasteiger partial charge is 0.355 e. The Labute approximate surface area is 115 Å². The van der Waals surface area contributed by atoms with Crippen LogP contribution in [0.15, 0.2) is 30.3 Å². The Kier molecular flexibility index (Phi) is 6.04. The molecule has 0 aromatic heterocycles. The predicted octanol–water partition coefficient (Wildman–Crippen LogP) is 3.14. The molecule has 0 radical (unpaired) electrons. The van der Waals surface area contributed by atoms with E-state index in [1.807, 2.05) is 6.07 Å². The number of halogens is 3. The van der Waals surface area contributed by atoms with Crippen molar-refractivity contribution in [2.45, 2.75) is 31.4 Å². The summed E-state index contributed by atoms with van der Waals surface area (Å²) < 4.78 is 35.7. The van der Waals surface area contributed by atoms with Crippen LogP contribution in [0.25, 0.3) is 0 Å². The molecule has 6 heteroatoms. The average Bonchev–Trinajstić information content (AvgIpc) is 2.39. The molecule has 0 saturated heterocycles. The number of nitrogens with zero attached hydrogens (tertiary/aromatic N) is 1. The molecule has 1 atom stereocenters. The number of nitrogens with one attached hydrogen (secondary N) is 1. The SMILES string of the molecule is N#CC(C(=O)NCCCCC(F)(F)F)c1ccccc1. The highest BCUT2D eigenvalue weighted by atomic mass is 19.4. The molecule has 20 heavy (non-hydrogen) atoms. The van der Waals surface area contributed by atoms with Gasteiger partial charge in [0.05, 0.1) is 6.07 Å². The standard InChI is InChI=1S/C14H15F3N2O/c15-14(16,17)8-4-5-9-19-13(20)12(10-18)11-6-2-1-3-7-11/h1-3,6-7,12H,4-5,8-9H2,(H,19,20). The number of rotatable bonds is 6. The van der Waals surface area contributed by atoms with E-state index in [-0.39, 0.29) is 19.4 Å². The first-order chi connectivity index (χ1) is 9.44. The summed E-state index contributed by atoms with van der Waals surface area (Å²) in [7, 11) is 0. The average molecular weight is 284 g/mol. The Bertz CT molecular complexity index is 466. The van der Waals surface area contributed by atoms with Crippen molar-refractivity contribution in [2.24, 2.45) is 0 Å². The summed E-state index contributed by atoms with van der Waals surface area (Å²) in [6.07, 6.45) is -4.82. The van der Waals surface area contributed by atoms with Gasteiger partial charge in [0, 0.05) is 13.0 Å². The van der Waals surface area contributed by atoms with Crippen LogP contribution in [-0.2, 0) is 4.79 Å². The van der Waals surface area contributed by atoms with Crippen molar-refractivity contribution in [3.8, 4) is 6.07 Å². The first-order valence-electron chi connectivity index (χ1n) is 6.23.